The molecule has 58 heavy (non-hydrogen) atoms. The number of hydrogen-bond donors (Lipinski definition) is 4. The molecule has 0 radical (unpaired) electrons. The molecule has 0 spiro atoms. The van der Waals surface area contributed by atoms with Crippen LogP contribution in [0.5, 0.6) is 0 Å². The zero-order valence-corrected chi connectivity index (χ0v) is 32.2. The van der Waals surface area contributed by atoms with Crippen LogP contribution < -0.4 is 21.6 Å². The molecule has 4 N–H and O–H groups in total. The third kappa shape index (κ3) is 12.2. The van der Waals surface area contributed by atoms with Gasteiger partial charge < -0.3 is 33.5 Å². The van der Waals surface area contributed by atoms with Crippen molar-refractivity contribution < 1.29 is 47.9 Å². The van der Waals surface area contributed by atoms with E-state index in [0.29, 0.717) is 12.8 Å². The van der Waals surface area contributed by atoms with Gasteiger partial charge in [-0.15, -0.1) is 0 Å². The Hall–Kier alpha value is -6.14. The average Bonchev–Trinajstić information content (AvgIpc) is 3.73. The van der Waals surface area contributed by atoms with Crippen LogP contribution >= 0.6 is 0 Å². The van der Waals surface area contributed by atoms with Gasteiger partial charge in [0.1, 0.15) is 44.0 Å². The molecule has 1 aromatic heterocycles. The van der Waals surface area contributed by atoms with Gasteiger partial charge in [-0.1, -0.05) is 91.0 Å². The lowest BCUT2D eigenvalue weighted by molar-refractivity contribution is -0.200. The first-order valence-corrected chi connectivity index (χ1v) is 18.8. The monoisotopic (exact) mass is 797 g/mol. The number of fused-ring (bicyclic) bond motifs is 1. The fourth-order valence-electron chi connectivity index (χ4n) is 6.11. The van der Waals surface area contributed by atoms with Crippen LogP contribution in [0.3, 0.4) is 0 Å². The number of aliphatic hydroxyl groups is 1. The van der Waals surface area contributed by atoms with Gasteiger partial charge in [0.05, 0.1) is 6.61 Å². The van der Waals surface area contributed by atoms with Gasteiger partial charge in [-0.05, 0) is 49.4 Å². The molecular formula is C41H47N7O10. The number of guanidine groups is 1. The van der Waals surface area contributed by atoms with E-state index in [4.69, 9.17) is 33.4 Å². The zero-order valence-electron chi connectivity index (χ0n) is 32.2. The van der Waals surface area contributed by atoms with Crippen molar-refractivity contribution in [2.24, 2.45) is 9.98 Å². The summed E-state index contributed by atoms with van der Waals surface area (Å²) in [6.45, 7) is 3.87. The molecule has 0 aliphatic carbocycles. The molecule has 2 saturated heterocycles. The molecule has 17 nitrogen and oxygen atoms in total. The molecule has 3 aromatic carbocycles. The van der Waals surface area contributed by atoms with Crippen LogP contribution in [-0.4, -0.2) is 82.7 Å². The van der Waals surface area contributed by atoms with Gasteiger partial charge >= 0.3 is 18.3 Å². The van der Waals surface area contributed by atoms with Crippen LogP contribution in [0.15, 0.2) is 113 Å². The number of aliphatic imine (C=N–C) groups is 1. The Morgan fingerprint density at radius 3 is 1.81 bits per heavy atom. The Bertz CT molecular complexity index is 2010. The number of carbonyl (C=O) groups excluding carboxylic acids is 3. The summed E-state index contributed by atoms with van der Waals surface area (Å²) in [5.74, 6) is -0.853. The molecule has 306 valence electrons. The second-order valence-corrected chi connectivity index (χ2v) is 13.7. The Morgan fingerprint density at radius 1 is 0.741 bits per heavy atom. The lowest BCUT2D eigenvalue weighted by atomic mass is 10.1. The van der Waals surface area contributed by atoms with Crippen LogP contribution in [-0.2, 0) is 48.2 Å². The number of alkyl carbamates (subject to hydrolysis) is 2. The summed E-state index contributed by atoms with van der Waals surface area (Å²) in [5, 5.41) is 17.7. The van der Waals surface area contributed by atoms with Crippen LogP contribution in [0, 0.1) is 0 Å². The van der Waals surface area contributed by atoms with Crippen molar-refractivity contribution in [3.63, 3.8) is 0 Å². The Morgan fingerprint density at radius 2 is 1.26 bits per heavy atom. The van der Waals surface area contributed by atoms with Gasteiger partial charge in [-0.3, -0.25) is 30.5 Å². The van der Waals surface area contributed by atoms with E-state index in [1.165, 1.54) is 0 Å². The number of nitrogens with one attached hydrogen (secondary N) is 3. The summed E-state index contributed by atoms with van der Waals surface area (Å²) in [5.41, 5.74) is 2.62. The second-order valence-electron chi connectivity index (χ2n) is 13.7. The van der Waals surface area contributed by atoms with Crippen molar-refractivity contribution in [3.8, 4) is 0 Å². The van der Waals surface area contributed by atoms with Crippen LogP contribution in [0.25, 0.3) is 0 Å². The van der Waals surface area contributed by atoms with E-state index in [1.807, 2.05) is 91.0 Å². The van der Waals surface area contributed by atoms with E-state index in [1.54, 1.807) is 30.7 Å². The highest BCUT2D eigenvalue weighted by Gasteiger charge is 2.55. The first-order valence-electron chi connectivity index (χ1n) is 18.8. The SMILES string of the molecule is CC1(C)O[C@@H]2[C@H](O1)[C@@H](CO)O[C@H]2n1ccc(NC(=O)OCc2ccccc2)nc1=NCCCCN=C(NC(=O)OCc1ccccc1)NC(=O)OCc1ccccc1. The minimum atomic E-state index is -0.902. The van der Waals surface area contributed by atoms with E-state index in [2.05, 4.69) is 25.9 Å². The number of carbonyl (C=O) groups is 3. The molecule has 3 amide bonds. The van der Waals surface area contributed by atoms with E-state index in [9.17, 15) is 19.5 Å². The van der Waals surface area contributed by atoms with E-state index >= 15 is 0 Å². The van der Waals surface area contributed by atoms with Crippen molar-refractivity contribution in [1.29, 1.82) is 0 Å². The number of nitrogens with zero attached hydrogens (tertiary/aromatic N) is 4. The fourth-order valence-corrected chi connectivity index (χ4v) is 6.11. The Labute approximate surface area is 335 Å². The van der Waals surface area contributed by atoms with Gasteiger partial charge in [-0.25, -0.2) is 14.4 Å². The molecule has 3 heterocycles. The quantitative estimate of drug-likeness (QED) is 0.0583. The molecule has 2 aliphatic rings. The van der Waals surface area contributed by atoms with E-state index < -0.39 is 48.6 Å². The first kappa shape index (κ1) is 41.5. The third-order valence-electron chi connectivity index (χ3n) is 8.82. The Balaban J connectivity index is 1.12. The number of ether oxygens (including phenoxy) is 6. The van der Waals surface area contributed by atoms with Crippen LogP contribution in [0.2, 0.25) is 0 Å². The number of rotatable bonds is 14. The van der Waals surface area contributed by atoms with Crippen LogP contribution in [0.4, 0.5) is 20.2 Å². The van der Waals surface area contributed by atoms with Crippen molar-refractivity contribution in [2.75, 3.05) is 25.0 Å². The fraction of sp³-hybridized carbons (Fsp3) is 0.366. The topological polar surface area (TPSA) is 205 Å². The third-order valence-corrected chi connectivity index (χ3v) is 8.82. The average molecular weight is 798 g/mol. The van der Waals surface area contributed by atoms with Gasteiger partial charge in [0, 0.05) is 19.3 Å². The molecule has 0 unspecified atom stereocenters. The summed E-state index contributed by atoms with van der Waals surface area (Å²) in [4.78, 5) is 51.7. The maximum absolute atomic E-state index is 12.7. The van der Waals surface area contributed by atoms with Crippen molar-refractivity contribution >= 4 is 30.1 Å². The summed E-state index contributed by atoms with van der Waals surface area (Å²) in [7, 11) is 0. The number of aliphatic hydroxyl groups excluding tert-OH is 1. The number of benzene rings is 3. The summed E-state index contributed by atoms with van der Waals surface area (Å²) in [6, 6.07) is 29.2. The predicted octanol–water partition coefficient (Wildman–Crippen LogP) is 4.93. The van der Waals surface area contributed by atoms with E-state index in [-0.39, 0.29) is 56.9 Å². The number of hydrogen-bond acceptors (Lipinski definition) is 13. The molecule has 4 atom stereocenters. The standard InChI is InChI=1S/C41H47N7O10/c1-41(2)57-33-31(24-49)56-35(34(33)58-41)48-23-20-32(45-38(50)53-25-28-14-6-3-7-15-28)44-37(48)43-22-13-12-21-42-36(46-39(51)54-26-29-16-8-4-9-17-29)47-40(52)55-27-30-18-10-5-11-19-30/h3-11,14-20,23,31,33-35,49H,12-13,21-22,24-27H2,1-2H3,(H,43,44,45,50)(H2,42,46,47,51,52)/t31-,33-,34-,35-/m1/s1. The van der Waals surface area contributed by atoms with Crippen LogP contribution in [0.1, 0.15) is 49.6 Å². The first-order chi connectivity index (χ1) is 28.2. The molecule has 0 saturated carbocycles. The smallest absolute Gasteiger partial charge is 0.414 e. The minimum Gasteiger partial charge on any atom is -0.444 e. The highest BCUT2D eigenvalue weighted by Crippen LogP contribution is 2.42. The molecule has 6 rings (SSSR count). The van der Waals surface area contributed by atoms with Gasteiger partial charge in [0.25, 0.3) is 0 Å². The number of unbranched alkanes of at least 4 members (excludes halogenated alkanes) is 1. The summed E-state index contributed by atoms with van der Waals surface area (Å²) < 4.78 is 36.1. The number of amides is 3. The lowest BCUT2D eigenvalue weighted by Gasteiger charge is -2.25. The highest BCUT2D eigenvalue weighted by molar-refractivity contribution is 6.01. The summed E-state index contributed by atoms with van der Waals surface area (Å²) >= 11 is 0. The molecule has 2 aliphatic heterocycles. The van der Waals surface area contributed by atoms with Crippen molar-refractivity contribution in [2.45, 2.75) is 76.8 Å². The molecular weight excluding hydrogens is 750 g/mol. The minimum absolute atomic E-state index is 0.0183. The Kier molecular flexibility index (Phi) is 14.5. The van der Waals surface area contributed by atoms with Gasteiger partial charge in [0.2, 0.25) is 11.6 Å². The highest BCUT2D eigenvalue weighted by atomic mass is 16.8. The normalized spacial score (nSPS) is 19.4. The maximum atomic E-state index is 12.7. The van der Waals surface area contributed by atoms with Crippen molar-refractivity contribution in [1.82, 2.24) is 20.2 Å². The van der Waals surface area contributed by atoms with Crippen molar-refractivity contribution in [3.05, 3.63) is 126 Å². The molecule has 0 bridgehead atoms. The van der Waals surface area contributed by atoms with Gasteiger partial charge in [-0.2, -0.15) is 4.98 Å². The molecule has 4 aromatic rings. The number of anilines is 1. The lowest BCUT2D eigenvalue weighted by Crippen LogP contribution is -2.44. The molecule has 17 heteroatoms. The maximum Gasteiger partial charge on any atom is 0.414 e. The predicted molar refractivity (Wildman–Crippen MR) is 209 cm³/mol. The summed E-state index contributed by atoms with van der Waals surface area (Å²) in [6.07, 6.45) is -2.17. The van der Waals surface area contributed by atoms with E-state index in [0.717, 1.165) is 16.7 Å². The second kappa shape index (κ2) is 20.3. The number of aromatic nitrogens is 2. The zero-order chi connectivity index (χ0) is 40.7. The molecule has 2 fully saturated rings. The van der Waals surface area contributed by atoms with Gasteiger partial charge in [0.15, 0.2) is 12.0 Å². The largest absolute Gasteiger partial charge is 0.444 e.